The predicted octanol–water partition coefficient (Wildman–Crippen LogP) is 3.12. The third-order valence-electron chi connectivity index (χ3n) is 1.84. The van der Waals surface area contributed by atoms with Gasteiger partial charge in [-0.15, -0.1) is 0 Å². The molecule has 0 aliphatic heterocycles. The van der Waals surface area contributed by atoms with Gasteiger partial charge in [0.1, 0.15) is 0 Å². The van der Waals surface area contributed by atoms with Crippen LogP contribution < -0.4 is 0 Å². The van der Waals surface area contributed by atoms with Crippen molar-refractivity contribution in [3.63, 3.8) is 0 Å². The van der Waals surface area contributed by atoms with Crippen LogP contribution >= 0.6 is 0 Å². The number of ether oxygens (including phenoxy) is 1. The van der Waals surface area contributed by atoms with Gasteiger partial charge in [-0.1, -0.05) is 18.2 Å². The van der Waals surface area contributed by atoms with Gasteiger partial charge in [0.05, 0.1) is 18.2 Å². The van der Waals surface area contributed by atoms with Crippen LogP contribution in [0.2, 0.25) is 0 Å². The van der Waals surface area contributed by atoms with Crippen molar-refractivity contribution < 1.29 is 9.53 Å². The van der Waals surface area contributed by atoms with Gasteiger partial charge in [0.2, 0.25) is 0 Å². The number of benzene rings is 1. The van der Waals surface area contributed by atoms with Crippen molar-refractivity contribution in [2.75, 3.05) is 0 Å². The van der Waals surface area contributed by atoms with Crippen LogP contribution in [-0.4, -0.2) is 17.8 Å². The van der Waals surface area contributed by atoms with Crippen molar-refractivity contribution in [2.24, 2.45) is 4.99 Å². The Kier molecular flexibility index (Phi) is 4.70. The molecule has 0 saturated carbocycles. The van der Waals surface area contributed by atoms with Gasteiger partial charge < -0.3 is 4.74 Å². The lowest BCUT2D eigenvalue weighted by Gasteiger charge is -2.07. The van der Waals surface area contributed by atoms with Crippen molar-refractivity contribution in [3.8, 4) is 0 Å². The highest BCUT2D eigenvalue weighted by Gasteiger charge is 2.06. The normalized spacial score (nSPS) is 11.6. The zero-order valence-corrected chi connectivity index (χ0v) is 9.93. The smallest absolute Gasteiger partial charge is 0.311 e. The molecule has 0 atom stereocenters. The van der Waals surface area contributed by atoms with Gasteiger partial charge in [-0.3, -0.25) is 9.79 Å². The molecule has 1 rings (SSSR count). The van der Waals surface area contributed by atoms with E-state index in [1.807, 2.05) is 51.1 Å². The zero-order valence-electron chi connectivity index (χ0n) is 9.93. The fourth-order valence-corrected chi connectivity index (χ4v) is 1.28. The van der Waals surface area contributed by atoms with Crippen LogP contribution in [0.1, 0.15) is 27.2 Å². The molecule has 0 unspecified atom stereocenters. The maximum Gasteiger partial charge on any atom is 0.311 e. The summed E-state index contributed by atoms with van der Waals surface area (Å²) in [6.45, 7) is 5.50. The van der Waals surface area contributed by atoms with E-state index in [0.717, 1.165) is 11.4 Å². The highest BCUT2D eigenvalue weighted by molar-refractivity contribution is 5.98. The van der Waals surface area contributed by atoms with E-state index in [1.165, 1.54) is 0 Å². The zero-order chi connectivity index (χ0) is 12.0. The molecule has 0 fully saturated rings. The number of rotatable bonds is 4. The number of carbonyl (C=O) groups excluding carboxylic acids is 1. The molecular formula is C13H17NO2. The van der Waals surface area contributed by atoms with Crippen LogP contribution in [0, 0.1) is 0 Å². The van der Waals surface area contributed by atoms with E-state index in [4.69, 9.17) is 4.74 Å². The quantitative estimate of drug-likeness (QED) is 0.576. The molecule has 0 heterocycles. The van der Waals surface area contributed by atoms with Crippen LogP contribution in [0.3, 0.4) is 0 Å². The minimum absolute atomic E-state index is 0.0722. The summed E-state index contributed by atoms with van der Waals surface area (Å²) in [6, 6.07) is 9.56. The molecule has 86 valence electrons. The number of esters is 1. The van der Waals surface area contributed by atoms with Gasteiger partial charge >= 0.3 is 5.97 Å². The lowest BCUT2D eigenvalue weighted by atomic mass is 10.2. The Bertz CT molecular complexity index is 369. The Morgan fingerprint density at radius 2 is 1.94 bits per heavy atom. The molecule has 16 heavy (non-hydrogen) atoms. The highest BCUT2D eigenvalue weighted by atomic mass is 16.5. The van der Waals surface area contributed by atoms with E-state index >= 15 is 0 Å². The second kappa shape index (κ2) is 6.05. The average molecular weight is 219 g/mol. The van der Waals surface area contributed by atoms with E-state index in [0.29, 0.717) is 0 Å². The number of para-hydroxylation sites is 1. The SMILES string of the molecule is CC(CC(=O)OC(C)C)=Nc1ccccc1. The average Bonchev–Trinajstić information content (AvgIpc) is 2.17. The molecule has 0 N–H and O–H groups in total. The lowest BCUT2D eigenvalue weighted by Crippen LogP contribution is -2.14. The third kappa shape index (κ3) is 4.73. The standard InChI is InChI=1S/C13H17NO2/c1-10(2)16-13(15)9-11(3)14-12-7-5-4-6-8-12/h4-8,10H,9H2,1-3H3. The third-order valence-corrected chi connectivity index (χ3v) is 1.84. The number of hydrogen-bond donors (Lipinski definition) is 0. The summed E-state index contributed by atoms with van der Waals surface area (Å²) in [4.78, 5) is 15.7. The largest absolute Gasteiger partial charge is 0.463 e. The Balaban J connectivity index is 2.55. The molecule has 3 nitrogen and oxygen atoms in total. The van der Waals surface area contributed by atoms with E-state index in [9.17, 15) is 4.79 Å². The molecule has 1 aromatic rings. The predicted molar refractivity (Wildman–Crippen MR) is 65.1 cm³/mol. The topological polar surface area (TPSA) is 38.7 Å². The van der Waals surface area contributed by atoms with Gasteiger partial charge in [-0.2, -0.15) is 0 Å². The summed E-state index contributed by atoms with van der Waals surface area (Å²) in [5, 5.41) is 0. The van der Waals surface area contributed by atoms with E-state index < -0.39 is 0 Å². The number of aliphatic imine (C=N–C) groups is 1. The second-order valence-corrected chi connectivity index (χ2v) is 3.90. The van der Waals surface area contributed by atoms with Crippen molar-refractivity contribution in [1.29, 1.82) is 0 Å². The summed E-state index contributed by atoms with van der Waals surface area (Å²) in [6.07, 6.45) is 0.171. The molecule has 0 aromatic heterocycles. The van der Waals surface area contributed by atoms with Crippen molar-refractivity contribution >= 4 is 17.4 Å². The maximum atomic E-state index is 11.4. The van der Waals surface area contributed by atoms with Crippen molar-refractivity contribution in [3.05, 3.63) is 30.3 Å². The molecule has 3 heteroatoms. The summed E-state index contributed by atoms with van der Waals surface area (Å²) in [5.41, 5.74) is 1.62. The molecule has 0 spiro atoms. The number of nitrogens with zero attached hydrogens (tertiary/aromatic N) is 1. The van der Waals surface area contributed by atoms with E-state index in [-0.39, 0.29) is 18.5 Å². The first-order chi connectivity index (χ1) is 7.58. The van der Waals surface area contributed by atoms with Crippen molar-refractivity contribution in [1.82, 2.24) is 0 Å². The fourth-order valence-electron chi connectivity index (χ4n) is 1.28. The highest BCUT2D eigenvalue weighted by Crippen LogP contribution is 2.11. The first-order valence-electron chi connectivity index (χ1n) is 5.36. The van der Waals surface area contributed by atoms with Gasteiger partial charge in [-0.25, -0.2) is 0 Å². The monoisotopic (exact) mass is 219 g/mol. The van der Waals surface area contributed by atoms with Gasteiger partial charge in [0.15, 0.2) is 0 Å². The van der Waals surface area contributed by atoms with E-state index in [2.05, 4.69) is 4.99 Å². The molecule has 0 amide bonds. The first kappa shape index (κ1) is 12.4. The molecule has 0 saturated heterocycles. The Labute approximate surface area is 96.2 Å². The van der Waals surface area contributed by atoms with Crippen LogP contribution in [0.15, 0.2) is 35.3 Å². The molecule has 0 aliphatic carbocycles. The van der Waals surface area contributed by atoms with Gasteiger partial charge in [-0.05, 0) is 32.9 Å². The van der Waals surface area contributed by atoms with Crippen molar-refractivity contribution in [2.45, 2.75) is 33.3 Å². The maximum absolute atomic E-state index is 11.4. The lowest BCUT2D eigenvalue weighted by molar-refractivity contribution is -0.145. The number of carbonyl (C=O) groups is 1. The van der Waals surface area contributed by atoms with E-state index in [1.54, 1.807) is 0 Å². The molecule has 0 bridgehead atoms. The Hall–Kier alpha value is -1.64. The van der Waals surface area contributed by atoms with Crippen LogP contribution in [0.25, 0.3) is 0 Å². The minimum Gasteiger partial charge on any atom is -0.463 e. The Morgan fingerprint density at radius 1 is 1.31 bits per heavy atom. The molecule has 0 radical (unpaired) electrons. The summed E-state index contributed by atoms with van der Waals surface area (Å²) in [5.74, 6) is -0.229. The second-order valence-electron chi connectivity index (χ2n) is 3.90. The first-order valence-corrected chi connectivity index (χ1v) is 5.36. The fraction of sp³-hybridized carbons (Fsp3) is 0.385. The van der Waals surface area contributed by atoms with Gasteiger partial charge in [0, 0.05) is 5.71 Å². The number of hydrogen-bond acceptors (Lipinski definition) is 3. The minimum atomic E-state index is -0.229. The summed E-state index contributed by atoms with van der Waals surface area (Å²) < 4.78 is 5.04. The van der Waals surface area contributed by atoms with Crippen LogP contribution in [-0.2, 0) is 9.53 Å². The summed E-state index contributed by atoms with van der Waals surface area (Å²) in [7, 11) is 0. The van der Waals surface area contributed by atoms with Crippen LogP contribution in [0.4, 0.5) is 5.69 Å². The van der Waals surface area contributed by atoms with Crippen LogP contribution in [0.5, 0.6) is 0 Å². The molecule has 0 aliphatic rings. The summed E-state index contributed by atoms with van der Waals surface area (Å²) >= 11 is 0. The molecular weight excluding hydrogens is 202 g/mol. The Morgan fingerprint density at radius 3 is 2.50 bits per heavy atom. The van der Waals surface area contributed by atoms with Gasteiger partial charge in [0.25, 0.3) is 0 Å². The molecule has 1 aromatic carbocycles.